The lowest BCUT2D eigenvalue weighted by Crippen LogP contribution is -2.10. The highest BCUT2D eigenvalue weighted by Crippen LogP contribution is 2.50. The Morgan fingerprint density at radius 1 is 0.182 bits per heavy atom. The summed E-state index contributed by atoms with van der Waals surface area (Å²) >= 11 is 0. The summed E-state index contributed by atoms with van der Waals surface area (Å²) in [6, 6.07) is 156. The van der Waals surface area contributed by atoms with Gasteiger partial charge in [0.1, 0.15) is 0 Å². The summed E-state index contributed by atoms with van der Waals surface area (Å²) in [5.41, 5.74) is 37.0. The number of para-hydroxylation sites is 1. The van der Waals surface area contributed by atoms with Gasteiger partial charge in [0.15, 0.2) is 0 Å². The van der Waals surface area contributed by atoms with Gasteiger partial charge in [-0.1, -0.05) is 378 Å². The van der Waals surface area contributed by atoms with Crippen molar-refractivity contribution in [1.29, 1.82) is 0 Å². The number of rotatable bonds is 12. The van der Waals surface area contributed by atoms with Crippen molar-refractivity contribution in [2.75, 3.05) is 0 Å². The molecule has 0 saturated heterocycles. The number of hydrogen-bond acceptors (Lipinski definition) is 0. The van der Waals surface area contributed by atoms with Crippen molar-refractivity contribution in [3.8, 4) is 123 Å². The van der Waals surface area contributed by atoms with Crippen molar-refractivity contribution in [2.45, 2.75) is 47.0 Å². The van der Waals surface area contributed by atoms with E-state index in [-0.39, 0.29) is 5.41 Å². The van der Waals surface area contributed by atoms with Crippen LogP contribution < -0.4 is 0 Å². The quantitative estimate of drug-likeness (QED) is 0.108. The molecule has 0 saturated carbocycles. The average molecular weight is 1550 g/mol. The van der Waals surface area contributed by atoms with Crippen molar-refractivity contribution < 1.29 is 0 Å². The number of aromatic nitrogens is 2. The molecule has 0 aliphatic heterocycles. The highest BCUT2D eigenvalue weighted by Gasteiger charge is 2.26. The van der Waals surface area contributed by atoms with E-state index < -0.39 is 0 Å². The van der Waals surface area contributed by atoms with Crippen LogP contribution in [0.15, 0.2) is 425 Å². The van der Waals surface area contributed by atoms with Crippen LogP contribution in [-0.4, -0.2) is 9.13 Å². The molecule has 0 bridgehead atoms. The van der Waals surface area contributed by atoms with Crippen molar-refractivity contribution in [3.63, 3.8) is 0 Å². The Hall–Kier alpha value is -15.0. The molecule has 0 spiro atoms. The summed E-state index contributed by atoms with van der Waals surface area (Å²) in [5.74, 6) is 0. The summed E-state index contributed by atoms with van der Waals surface area (Å²) in [4.78, 5) is 0. The average Bonchev–Trinajstić information content (AvgIpc) is 1.10. The Morgan fingerprint density at radius 2 is 0.488 bits per heavy atom. The molecule has 121 heavy (non-hydrogen) atoms. The van der Waals surface area contributed by atoms with Gasteiger partial charge in [0.2, 0.25) is 0 Å². The van der Waals surface area contributed by atoms with Crippen molar-refractivity contribution >= 4 is 86.7 Å². The van der Waals surface area contributed by atoms with Gasteiger partial charge < -0.3 is 9.13 Å². The van der Waals surface area contributed by atoms with Crippen LogP contribution in [0.3, 0.4) is 0 Å². The van der Waals surface area contributed by atoms with Crippen LogP contribution in [0.5, 0.6) is 0 Å². The topological polar surface area (TPSA) is 9.86 Å². The fourth-order valence-electron chi connectivity index (χ4n) is 19.3. The third kappa shape index (κ3) is 13.1. The second kappa shape index (κ2) is 30.5. The minimum absolute atomic E-state index is 0.0283. The van der Waals surface area contributed by atoms with E-state index in [0.717, 1.165) is 5.69 Å². The first kappa shape index (κ1) is 73.6. The molecular weight excluding hydrogens is 1460 g/mol. The molecule has 2 heterocycles. The summed E-state index contributed by atoms with van der Waals surface area (Å²) in [6.07, 6.45) is 0. The van der Waals surface area contributed by atoms with Crippen LogP contribution in [0.1, 0.15) is 43.0 Å². The van der Waals surface area contributed by atoms with E-state index in [0.29, 0.717) is 0 Å². The van der Waals surface area contributed by atoms with Gasteiger partial charge in [-0.05, 0) is 270 Å². The molecule has 0 aliphatic carbocycles. The maximum absolute atomic E-state index is 2.51. The van der Waals surface area contributed by atoms with E-state index in [9.17, 15) is 0 Å². The molecule has 2 heteroatoms. The molecule has 22 aromatic rings. The minimum atomic E-state index is 0.0283. The van der Waals surface area contributed by atoms with Gasteiger partial charge in [-0.15, -0.1) is 0 Å². The first-order valence-electron chi connectivity index (χ1n) is 42.3. The van der Waals surface area contributed by atoms with E-state index >= 15 is 0 Å². The maximum Gasteiger partial charge on any atom is 0.0541 e. The van der Waals surface area contributed by atoms with Crippen LogP contribution in [0.25, 0.3) is 209 Å². The van der Waals surface area contributed by atoms with E-state index in [2.05, 4.69) is 475 Å². The molecule has 22 rings (SSSR count). The number of fused-ring (bicyclic) bond motifs is 10. The maximum atomic E-state index is 2.51. The Balaban J connectivity index is 0.000000151. The number of benzene rings is 20. The van der Waals surface area contributed by atoms with Crippen molar-refractivity contribution in [3.05, 3.63) is 447 Å². The lowest BCUT2D eigenvalue weighted by atomic mass is 9.81. The van der Waals surface area contributed by atoms with E-state index in [1.807, 2.05) is 0 Å². The van der Waals surface area contributed by atoms with Crippen LogP contribution in [0, 0.1) is 20.8 Å². The van der Waals surface area contributed by atoms with Crippen molar-refractivity contribution in [2.24, 2.45) is 0 Å². The normalized spacial score (nSPS) is 11.7. The Kier molecular flexibility index (Phi) is 18.6. The first-order chi connectivity index (χ1) is 59.4. The third-order valence-electron chi connectivity index (χ3n) is 25.1. The Bertz CT molecular complexity index is 7570. The molecule has 0 fully saturated rings. The predicted molar refractivity (Wildman–Crippen MR) is 519 cm³/mol. The highest BCUT2D eigenvalue weighted by molar-refractivity contribution is 6.24. The minimum Gasteiger partial charge on any atom is -0.309 e. The van der Waals surface area contributed by atoms with Gasteiger partial charge in [-0.3, -0.25) is 0 Å². The summed E-state index contributed by atoms with van der Waals surface area (Å²) < 4.78 is 4.93. The smallest absolute Gasteiger partial charge is 0.0541 e. The van der Waals surface area contributed by atoms with Gasteiger partial charge in [0.25, 0.3) is 0 Å². The van der Waals surface area contributed by atoms with Gasteiger partial charge >= 0.3 is 0 Å². The largest absolute Gasteiger partial charge is 0.309 e. The summed E-state index contributed by atoms with van der Waals surface area (Å²) in [5, 5.41) is 15.2. The second-order valence-corrected chi connectivity index (χ2v) is 33.5. The van der Waals surface area contributed by atoms with Gasteiger partial charge in [0.05, 0.1) is 22.1 Å². The first-order valence-corrected chi connectivity index (χ1v) is 42.3. The van der Waals surface area contributed by atoms with Gasteiger partial charge in [0, 0.05) is 32.9 Å². The fourth-order valence-corrected chi connectivity index (χ4v) is 19.3. The van der Waals surface area contributed by atoms with Crippen LogP contribution in [-0.2, 0) is 5.41 Å². The van der Waals surface area contributed by atoms with Crippen LogP contribution in [0.2, 0.25) is 0 Å². The number of hydrogen-bond donors (Lipinski definition) is 0. The lowest BCUT2D eigenvalue weighted by molar-refractivity contribution is 0.591. The fraction of sp³-hybridized carbons (Fsp3) is 0.0588. The molecule has 0 aliphatic rings. The van der Waals surface area contributed by atoms with E-state index in [4.69, 9.17) is 0 Å². The predicted octanol–water partition coefficient (Wildman–Crippen LogP) is 33.1. The monoisotopic (exact) mass is 1540 g/mol. The molecule has 0 amide bonds. The van der Waals surface area contributed by atoms with Gasteiger partial charge in [-0.2, -0.15) is 0 Å². The summed E-state index contributed by atoms with van der Waals surface area (Å²) in [7, 11) is 0. The molecule has 20 aromatic carbocycles. The Morgan fingerprint density at radius 3 is 0.909 bits per heavy atom. The zero-order valence-corrected chi connectivity index (χ0v) is 68.8. The van der Waals surface area contributed by atoms with Gasteiger partial charge in [-0.25, -0.2) is 0 Å². The molecule has 2 aromatic heterocycles. The SMILES string of the molecule is Cc1cc(-n2c3ccc(-c4ccccc4-c4ccccc4)cc3c3cc(-c4ccccc4-c4ccccc4)ccc32)c(C)cc1-c1c2ccccc2c(-c2ccccc2)c2ccccc12.Cc1ccc(-c2c3ccccc3c(-c3ccc(-n4c5ccccc5c5cc(-c6ccccc6-c6ccccc6)ccc54)cc3)c3ccc(C(C)(C)C)cc23)cc1. The summed E-state index contributed by atoms with van der Waals surface area (Å²) in [6.45, 7) is 13.7. The molecular formula is C119H88N2. The zero-order chi connectivity index (χ0) is 81.4. The molecule has 0 unspecified atom stereocenters. The Labute approximate surface area is 707 Å². The molecule has 2 nitrogen and oxygen atoms in total. The zero-order valence-electron chi connectivity index (χ0n) is 68.8. The van der Waals surface area contributed by atoms with E-state index in [1.54, 1.807) is 0 Å². The molecule has 0 atom stereocenters. The second-order valence-electron chi connectivity index (χ2n) is 33.5. The standard InChI is InChI=1S/C64H45N.C55H43N/c1-42-39-62(43(2)38-57(42)64-55-32-18-16-30-53(55)63(46-24-10-5-11-25-46)54-31-17-19-33-56(54)64)65-60-36-34-47(51-28-14-12-26-49(51)44-20-6-3-7-21-44)40-58(60)59-41-48(35-37-61(59)65)52-29-15-13-27-50(52)45-22-8-4-9-23-45;1-36-22-24-38(25-23-36)54-47-20-11-10-19-46(47)53(48-32-29-41(35-50(48)54)55(2,3)4)39-26-30-42(31-27-39)56-51-21-13-12-18-45(51)49-34-40(28-33-52(49)56)44-17-9-8-16-43(44)37-14-6-5-7-15-37/h3-41H,1-2H3;5-35H,1-4H3. The molecule has 574 valence electrons. The van der Waals surface area contributed by atoms with Crippen LogP contribution >= 0.6 is 0 Å². The molecule has 0 radical (unpaired) electrons. The number of nitrogens with zero attached hydrogens (tertiary/aromatic N) is 2. The van der Waals surface area contributed by atoms with Crippen LogP contribution in [0.4, 0.5) is 0 Å². The van der Waals surface area contributed by atoms with E-state index in [1.165, 1.54) is 226 Å². The van der Waals surface area contributed by atoms with Crippen molar-refractivity contribution in [1.82, 2.24) is 9.13 Å². The lowest BCUT2D eigenvalue weighted by Gasteiger charge is -2.23. The molecule has 0 N–H and O–H groups in total. The third-order valence-corrected chi connectivity index (χ3v) is 25.1. The number of aryl methyl sites for hydroxylation is 3. The highest BCUT2D eigenvalue weighted by atomic mass is 15.0.